The van der Waals surface area contributed by atoms with Gasteiger partial charge in [0.05, 0.1) is 12.8 Å². The molecule has 6 nitrogen and oxygen atoms in total. The van der Waals surface area contributed by atoms with Crippen LogP contribution in [0.1, 0.15) is 24.0 Å². The molecule has 0 spiro atoms. The molecule has 0 aromatic heterocycles. The highest BCUT2D eigenvalue weighted by molar-refractivity contribution is 6.43. The third-order valence-corrected chi connectivity index (χ3v) is 5.31. The Morgan fingerprint density at radius 3 is 1.46 bits per heavy atom. The zero-order valence-corrected chi connectivity index (χ0v) is 15.4. The first-order chi connectivity index (χ1) is 13.5. The van der Waals surface area contributed by atoms with Crippen molar-refractivity contribution in [3.05, 3.63) is 59.7 Å². The normalized spacial score (nSPS) is 14.6. The number of para-hydroxylation sites is 2. The Kier molecular flexibility index (Phi) is 4.77. The van der Waals surface area contributed by atoms with Crippen LogP contribution in [0.5, 0.6) is 0 Å². The topological polar surface area (TPSA) is 74.8 Å². The van der Waals surface area contributed by atoms with Crippen LogP contribution in [0.15, 0.2) is 48.5 Å². The second kappa shape index (κ2) is 7.38. The summed E-state index contributed by atoms with van der Waals surface area (Å²) < 4.78 is 0. The molecule has 142 valence electrons. The highest BCUT2D eigenvalue weighted by atomic mass is 16.2. The molecule has 2 aromatic rings. The number of benzene rings is 2. The smallest absolute Gasteiger partial charge is 0.234 e. The number of carbonyl (C=O) groups excluding carboxylic acids is 4. The number of amides is 2. The van der Waals surface area contributed by atoms with Crippen molar-refractivity contribution in [3.63, 3.8) is 0 Å². The number of nitrogens with zero attached hydrogens (tertiary/aromatic N) is 2. The van der Waals surface area contributed by atoms with E-state index >= 15 is 0 Å². The van der Waals surface area contributed by atoms with E-state index in [1.165, 1.54) is 0 Å². The zero-order chi connectivity index (χ0) is 19.7. The van der Waals surface area contributed by atoms with Crippen molar-refractivity contribution >= 4 is 34.8 Å². The number of hydrogen-bond acceptors (Lipinski definition) is 4. The van der Waals surface area contributed by atoms with Gasteiger partial charge in [0.2, 0.25) is 23.4 Å². The maximum Gasteiger partial charge on any atom is 0.234 e. The summed E-state index contributed by atoms with van der Waals surface area (Å²) in [6.45, 7) is 1.01. The van der Waals surface area contributed by atoms with E-state index in [4.69, 9.17) is 0 Å². The Morgan fingerprint density at radius 1 is 0.643 bits per heavy atom. The first-order valence-electron chi connectivity index (χ1n) is 9.37. The van der Waals surface area contributed by atoms with Gasteiger partial charge in [-0.3, -0.25) is 19.2 Å². The second-order valence-electron chi connectivity index (χ2n) is 7.05. The van der Waals surface area contributed by atoms with Crippen molar-refractivity contribution < 1.29 is 19.2 Å². The summed E-state index contributed by atoms with van der Waals surface area (Å²) in [4.78, 5) is 52.6. The van der Waals surface area contributed by atoms with Gasteiger partial charge in [0.25, 0.3) is 0 Å². The first kappa shape index (κ1) is 18.1. The summed E-state index contributed by atoms with van der Waals surface area (Å²) in [6.07, 6.45) is 0.460. The van der Waals surface area contributed by atoms with Gasteiger partial charge < -0.3 is 9.80 Å². The highest BCUT2D eigenvalue weighted by Gasteiger charge is 2.30. The molecule has 0 fully saturated rings. The van der Waals surface area contributed by atoms with Gasteiger partial charge in [0.1, 0.15) is 0 Å². The van der Waals surface area contributed by atoms with Gasteiger partial charge >= 0.3 is 0 Å². The highest BCUT2D eigenvalue weighted by Crippen LogP contribution is 2.29. The van der Waals surface area contributed by atoms with E-state index in [9.17, 15) is 19.2 Å². The van der Waals surface area contributed by atoms with Gasteiger partial charge in [-0.2, -0.15) is 0 Å². The lowest BCUT2D eigenvalue weighted by Gasteiger charge is -2.18. The summed E-state index contributed by atoms with van der Waals surface area (Å²) in [5.41, 5.74) is 3.69. The predicted molar refractivity (Wildman–Crippen MR) is 104 cm³/mol. The van der Waals surface area contributed by atoms with Crippen molar-refractivity contribution in [1.29, 1.82) is 0 Å². The molecule has 0 atom stereocenters. The monoisotopic (exact) mass is 376 g/mol. The van der Waals surface area contributed by atoms with Crippen molar-refractivity contribution in [2.75, 3.05) is 22.9 Å². The molecule has 4 rings (SSSR count). The summed E-state index contributed by atoms with van der Waals surface area (Å²) in [5.74, 6) is -2.42. The van der Waals surface area contributed by atoms with Crippen LogP contribution in [0.3, 0.4) is 0 Å². The Balaban J connectivity index is 1.36. The van der Waals surface area contributed by atoms with E-state index in [-0.39, 0.29) is 0 Å². The molecule has 0 unspecified atom stereocenters. The lowest BCUT2D eigenvalue weighted by Crippen LogP contribution is -2.35. The Bertz CT molecular complexity index is 903. The van der Waals surface area contributed by atoms with E-state index < -0.39 is 36.2 Å². The van der Waals surface area contributed by atoms with Crippen LogP contribution in [0, 0.1) is 0 Å². The van der Waals surface area contributed by atoms with Gasteiger partial charge in [0.15, 0.2) is 0 Å². The van der Waals surface area contributed by atoms with E-state index in [0.29, 0.717) is 13.1 Å². The number of Topliss-reactive ketones (excluding diaryl/α,β-unsaturated/α-hetero) is 2. The number of ketones is 2. The summed E-state index contributed by atoms with van der Waals surface area (Å²) in [6, 6.07) is 15.0. The Hall–Kier alpha value is -3.28. The van der Waals surface area contributed by atoms with Crippen LogP contribution >= 0.6 is 0 Å². The number of rotatable bonds is 5. The molecule has 2 aromatic carbocycles. The molecular weight excluding hydrogens is 356 g/mol. The Labute approximate surface area is 162 Å². The summed E-state index contributed by atoms with van der Waals surface area (Å²) in [7, 11) is 0. The maximum absolute atomic E-state index is 12.5. The minimum atomic E-state index is -0.810. The fourth-order valence-electron chi connectivity index (χ4n) is 3.86. The minimum Gasteiger partial charge on any atom is -0.311 e. The van der Waals surface area contributed by atoms with Crippen molar-refractivity contribution in [2.45, 2.75) is 25.7 Å². The molecule has 0 saturated carbocycles. The first-order valence-corrected chi connectivity index (χ1v) is 9.37. The number of carbonyl (C=O) groups is 4. The van der Waals surface area contributed by atoms with Crippen LogP contribution in [0.4, 0.5) is 11.4 Å². The van der Waals surface area contributed by atoms with Gasteiger partial charge in [-0.25, -0.2) is 0 Å². The SMILES string of the molecule is O=C(CC(=O)N1CCc2ccccc21)C(=O)CC(=O)N1CCc2ccccc21. The van der Waals surface area contributed by atoms with Crippen molar-refractivity contribution in [1.82, 2.24) is 0 Å². The Morgan fingerprint density at radius 2 is 1.04 bits per heavy atom. The molecule has 2 aliphatic rings. The second-order valence-corrected chi connectivity index (χ2v) is 7.05. The third kappa shape index (κ3) is 3.33. The van der Waals surface area contributed by atoms with Crippen molar-refractivity contribution in [2.24, 2.45) is 0 Å². The number of anilines is 2. The molecule has 28 heavy (non-hydrogen) atoms. The maximum atomic E-state index is 12.5. The van der Waals surface area contributed by atoms with Crippen molar-refractivity contribution in [3.8, 4) is 0 Å². The fourth-order valence-corrected chi connectivity index (χ4v) is 3.86. The minimum absolute atomic E-state index is 0.401. The van der Waals surface area contributed by atoms with Crippen LogP contribution in [0.2, 0.25) is 0 Å². The van der Waals surface area contributed by atoms with Gasteiger partial charge in [-0.15, -0.1) is 0 Å². The van der Waals surface area contributed by atoms with Gasteiger partial charge in [0, 0.05) is 24.5 Å². The molecule has 0 bridgehead atoms. The van der Waals surface area contributed by atoms with Crippen LogP contribution in [0.25, 0.3) is 0 Å². The van der Waals surface area contributed by atoms with Crippen LogP contribution in [-0.4, -0.2) is 36.5 Å². The molecule has 2 aliphatic heterocycles. The molecule has 0 saturated heterocycles. The van der Waals surface area contributed by atoms with E-state index in [1.54, 1.807) is 9.80 Å². The standard InChI is InChI=1S/C22H20N2O4/c25-19(13-21(27)23-11-9-15-5-1-3-7-17(15)23)20(26)14-22(28)24-12-10-16-6-2-4-8-18(16)24/h1-8H,9-14H2. The average Bonchev–Trinajstić information content (AvgIpc) is 3.32. The van der Waals surface area contributed by atoms with Gasteiger partial charge in [-0.1, -0.05) is 36.4 Å². The number of fused-ring (bicyclic) bond motifs is 2. The lowest BCUT2D eigenvalue weighted by atomic mass is 10.1. The van der Waals surface area contributed by atoms with Crippen LogP contribution in [-0.2, 0) is 32.0 Å². The van der Waals surface area contributed by atoms with Gasteiger partial charge in [-0.05, 0) is 36.1 Å². The molecule has 0 aliphatic carbocycles. The zero-order valence-electron chi connectivity index (χ0n) is 15.4. The van der Waals surface area contributed by atoms with E-state index in [0.717, 1.165) is 35.3 Å². The predicted octanol–water partition coefficient (Wildman–Crippen LogP) is 2.08. The summed E-state index contributed by atoms with van der Waals surface area (Å²) in [5, 5.41) is 0. The fraction of sp³-hybridized carbons (Fsp3) is 0.273. The molecule has 6 heteroatoms. The third-order valence-electron chi connectivity index (χ3n) is 5.31. The molecule has 0 radical (unpaired) electrons. The van der Waals surface area contributed by atoms with Crippen LogP contribution < -0.4 is 9.80 Å². The largest absolute Gasteiger partial charge is 0.311 e. The lowest BCUT2D eigenvalue weighted by molar-refractivity contribution is -0.140. The van der Waals surface area contributed by atoms with E-state index in [2.05, 4.69) is 0 Å². The van der Waals surface area contributed by atoms with E-state index in [1.807, 2.05) is 48.5 Å². The summed E-state index contributed by atoms with van der Waals surface area (Å²) >= 11 is 0. The average molecular weight is 376 g/mol. The molecule has 2 amide bonds. The quantitative estimate of drug-likeness (QED) is 0.592. The number of hydrogen-bond donors (Lipinski definition) is 0. The molecular formula is C22H20N2O4. The molecule has 0 N–H and O–H groups in total. The molecule has 2 heterocycles.